The molecule has 0 saturated heterocycles. The van der Waals surface area contributed by atoms with Crippen molar-refractivity contribution in [1.82, 2.24) is 0 Å². The lowest BCUT2D eigenvalue weighted by Crippen LogP contribution is -1.99. The molecule has 2 heteroatoms. The van der Waals surface area contributed by atoms with E-state index in [0.29, 0.717) is 5.56 Å². The summed E-state index contributed by atoms with van der Waals surface area (Å²) in [4.78, 5) is 0. The zero-order valence-electron chi connectivity index (χ0n) is 22.1. The molecule has 36 heavy (non-hydrogen) atoms. The minimum absolute atomic E-state index is 0.187. The SMILES string of the molecule is CCCCCCCc1ccc(-c2ccc(-c3ccc(OCCCCC4CCCC4)cc3)c(F)c2)cc1. The van der Waals surface area contributed by atoms with Crippen LogP contribution in [-0.4, -0.2) is 6.61 Å². The van der Waals surface area contributed by atoms with E-state index in [1.165, 1.54) is 76.2 Å². The zero-order valence-corrected chi connectivity index (χ0v) is 22.1. The maximum absolute atomic E-state index is 15.1. The van der Waals surface area contributed by atoms with Gasteiger partial charge in [-0.1, -0.05) is 113 Å². The molecule has 1 aliphatic rings. The second kappa shape index (κ2) is 14.2. The van der Waals surface area contributed by atoms with E-state index in [1.807, 2.05) is 36.4 Å². The molecule has 0 atom stereocenters. The van der Waals surface area contributed by atoms with Crippen LogP contribution >= 0.6 is 0 Å². The Morgan fingerprint density at radius 2 is 1.42 bits per heavy atom. The van der Waals surface area contributed by atoms with E-state index in [9.17, 15) is 0 Å². The van der Waals surface area contributed by atoms with E-state index in [1.54, 1.807) is 6.07 Å². The molecule has 1 fully saturated rings. The minimum Gasteiger partial charge on any atom is -0.494 e. The van der Waals surface area contributed by atoms with Crippen LogP contribution in [0.25, 0.3) is 22.3 Å². The highest BCUT2D eigenvalue weighted by molar-refractivity contribution is 5.71. The molecule has 1 aliphatic carbocycles. The van der Waals surface area contributed by atoms with Crippen molar-refractivity contribution in [2.75, 3.05) is 6.61 Å². The maximum Gasteiger partial charge on any atom is 0.131 e. The maximum atomic E-state index is 15.1. The number of halogens is 1. The van der Waals surface area contributed by atoms with Crippen LogP contribution in [0.1, 0.15) is 89.5 Å². The van der Waals surface area contributed by atoms with Crippen molar-refractivity contribution >= 4 is 0 Å². The number of rotatable bonds is 14. The van der Waals surface area contributed by atoms with Crippen LogP contribution in [0.2, 0.25) is 0 Å². The normalized spacial score (nSPS) is 13.8. The highest BCUT2D eigenvalue weighted by Gasteiger charge is 2.14. The van der Waals surface area contributed by atoms with Gasteiger partial charge in [-0.25, -0.2) is 4.39 Å². The quantitative estimate of drug-likeness (QED) is 0.206. The molecule has 0 unspecified atom stereocenters. The lowest BCUT2D eigenvalue weighted by atomic mass is 9.98. The fraction of sp³-hybridized carbons (Fsp3) is 0.471. The van der Waals surface area contributed by atoms with Crippen molar-refractivity contribution in [3.8, 4) is 28.0 Å². The average molecular weight is 487 g/mol. The Kier molecular flexibility index (Phi) is 10.4. The molecule has 0 radical (unpaired) electrons. The van der Waals surface area contributed by atoms with Gasteiger partial charge in [-0.3, -0.25) is 0 Å². The molecular weight excluding hydrogens is 443 g/mol. The van der Waals surface area contributed by atoms with Crippen LogP contribution in [0, 0.1) is 11.7 Å². The van der Waals surface area contributed by atoms with E-state index in [-0.39, 0.29) is 5.82 Å². The lowest BCUT2D eigenvalue weighted by Gasteiger charge is -2.11. The molecule has 0 heterocycles. The Hall–Kier alpha value is -2.61. The lowest BCUT2D eigenvalue weighted by molar-refractivity contribution is 0.299. The predicted molar refractivity (Wildman–Crippen MR) is 151 cm³/mol. The Balaban J connectivity index is 1.26. The topological polar surface area (TPSA) is 9.23 Å². The van der Waals surface area contributed by atoms with Gasteiger partial charge in [0.25, 0.3) is 0 Å². The summed E-state index contributed by atoms with van der Waals surface area (Å²) in [5.74, 6) is 1.63. The molecule has 0 aromatic heterocycles. The highest BCUT2D eigenvalue weighted by atomic mass is 19.1. The van der Waals surface area contributed by atoms with E-state index in [4.69, 9.17) is 4.74 Å². The van der Waals surface area contributed by atoms with Gasteiger partial charge in [0.15, 0.2) is 0 Å². The number of benzene rings is 3. The third-order valence-corrected chi connectivity index (χ3v) is 7.74. The van der Waals surface area contributed by atoms with E-state index >= 15 is 4.39 Å². The Bertz CT molecular complexity index is 1030. The highest BCUT2D eigenvalue weighted by Crippen LogP contribution is 2.30. The van der Waals surface area contributed by atoms with E-state index < -0.39 is 0 Å². The summed E-state index contributed by atoms with van der Waals surface area (Å²) in [7, 11) is 0. The largest absolute Gasteiger partial charge is 0.494 e. The fourth-order valence-corrected chi connectivity index (χ4v) is 5.48. The first-order valence-electron chi connectivity index (χ1n) is 14.3. The third-order valence-electron chi connectivity index (χ3n) is 7.74. The molecule has 0 aliphatic heterocycles. The molecule has 0 bridgehead atoms. The van der Waals surface area contributed by atoms with Crippen molar-refractivity contribution in [3.63, 3.8) is 0 Å². The van der Waals surface area contributed by atoms with E-state index in [0.717, 1.165) is 47.8 Å². The average Bonchev–Trinajstić information content (AvgIpc) is 3.43. The molecule has 1 saturated carbocycles. The zero-order chi connectivity index (χ0) is 25.0. The fourth-order valence-electron chi connectivity index (χ4n) is 5.48. The second-order valence-corrected chi connectivity index (χ2v) is 10.6. The van der Waals surface area contributed by atoms with Gasteiger partial charge in [-0.2, -0.15) is 0 Å². The van der Waals surface area contributed by atoms with Gasteiger partial charge in [0.2, 0.25) is 0 Å². The molecular formula is C34H43FO. The molecule has 3 aromatic rings. The molecule has 0 spiro atoms. The molecule has 1 nitrogen and oxygen atoms in total. The van der Waals surface area contributed by atoms with Crippen LogP contribution in [0.4, 0.5) is 4.39 Å². The van der Waals surface area contributed by atoms with Gasteiger partial charge in [0.1, 0.15) is 11.6 Å². The first-order chi connectivity index (χ1) is 17.7. The standard InChI is InChI=1S/C34H43FO/c1-2-3-4-5-6-11-28-15-17-29(18-16-28)31-21-24-33(34(35)26-31)30-19-22-32(23-20-30)36-25-10-9-14-27-12-7-8-13-27/h15-24,26-27H,2-14,25H2,1H3. The summed E-state index contributed by atoms with van der Waals surface area (Å²) in [6, 6.07) is 22.0. The van der Waals surface area contributed by atoms with Crippen LogP contribution in [0.5, 0.6) is 5.75 Å². The Morgan fingerprint density at radius 3 is 2.14 bits per heavy atom. The molecule has 0 amide bonds. The van der Waals surface area contributed by atoms with Crippen molar-refractivity contribution in [3.05, 3.63) is 78.1 Å². The van der Waals surface area contributed by atoms with Crippen molar-refractivity contribution in [2.45, 2.75) is 90.4 Å². The predicted octanol–water partition coefficient (Wildman–Crippen LogP) is 10.4. The van der Waals surface area contributed by atoms with E-state index in [2.05, 4.69) is 31.2 Å². The molecule has 192 valence electrons. The van der Waals surface area contributed by atoms with Gasteiger partial charge in [0.05, 0.1) is 6.61 Å². The Labute approximate surface area is 218 Å². The van der Waals surface area contributed by atoms with Crippen LogP contribution in [0.3, 0.4) is 0 Å². The second-order valence-electron chi connectivity index (χ2n) is 10.6. The van der Waals surface area contributed by atoms with Crippen LogP contribution < -0.4 is 4.74 Å². The number of ether oxygens (including phenoxy) is 1. The molecule has 3 aromatic carbocycles. The summed E-state index contributed by atoms with van der Waals surface area (Å²) >= 11 is 0. The number of hydrogen-bond donors (Lipinski definition) is 0. The number of aryl methyl sites for hydroxylation is 1. The molecule has 0 N–H and O–H groups in total. The van der Waals surface area contributed by atoms with Gasteiger partial charge in [-0.05, 0) is 72.1 Å². The summed E-state index contributed by atoms with van der Waals surface area (Å²) in [6.07, 6.45) is 17.0. The summed E-state index contributed by atoms with van der Waals surface area (Å²) in [5, 5.41) is 0. The van der Waals surface area contributed by atoms with Crippen molar-refractivity contribution < 1.29 is 9.13 Å². The van der Waals surface area contributed by atoms with Crippen LogP contribution in [-0.2, 0) is 6.42 Å². The van der Waals surface area contributed by atoms with Gasteiger partial charge >= 0.3 is 0 Å². The number of unbranched alkanes of at least 4 members (excludes halogenated alkanes) is 5. The summed E-state index contributed by atoms with van der Waals surface area (Å²) in [5.41, 5.74) is 4.86. The summed E-state index contributed by atoms with van der Waals surface area (Å²) in [6.45, 7) is 3.01. The number of hydrogen-bond acceptors (Lipinski definition) is 1. The smallest absolute Gasteiger partial charge is 0.131 e. The monoisotopic (exact) mass is 486 g/mol. The van der Waals surface area contributed by atoms with Crippen LogP contribution in [0.15, 0.2) is 66.7 Å². The first kappa shape index (κ1) is 26.5. The minimum atomic E-state index is -0.187. The van der Waals surface area contributed by atoms with Crippen molar-refractivity contribution in [2.24, 2.45) is 5.92 Å². The molecule has 4 rings (SSSR count). The van der Waals surface area contributed by atoms with Gasteiger partial charge < -0.3 is 4.74 Å². The summed E-state index contributed by atoms with van der Waals surface area (Å²) < 4.78 is 21.0. The van der Waals surface area contributed by atoms with Gasteiger partial charge in [0, 0.05) is 5.56 Å². The van der Waals surface area contributed by atoms with Crippen molar-refractivity contribution in [1.29, 1.82) is 0 Å². The third kappa shape index (κ3) is 7.95. The Morgan fingerprint density at radius 1 is 0.722 bits per heavy atom. The first-order valence-corrected chi connectivity index (χ1v) is 14.3. The van der Waals surface area contributed by atoms with Gasteiger partial charge in [-0.15, -0.1) is 0 Å².